The lowest BCUT2D eigenvalue weighted by Gasteiger charge is -2.15. The van der Waals surface area contributed by atoms with Crippen LogP contribution in [-0.2, 0) is 4.74 Å². The zero-order chi connectivity index (χ0) is 23.4. The highest BCUT2D eigenvalue weighted by Crippen LogP contribution is 2.36. The van der Waals surface area contributed by atoms with Crippen LogP contribution in [-0.4, -0.2) is 41.3 Å². The van der Waals surface area contributed by atoms with Crippen molar-refractivity contribution in [2.75, 3.05) is 25.6 Å². The summed E-state index contributed by atoms with van der Waals surface area (Å²) in [5, 5.41) is 3.75. The van der Waals surface area contributed by atoms with Crippen molar-refractivity contribution in [3.63, 3.8) is 0 Å². The maximum Gasteiger partial charge on any atom is 0.163 e. The Labute approximate surface area is 190 Å². The number of rotatable bonds is 8. The fraction of sp³-hybridized carbons (Fsp3) is 0.240. The first-order valence-electron chi connectivity index (χ1n) is 10.6. The predicted octanol–water partition coefficient (Wildman–Crippen LogP) is 5.48. The van der Waals surface area contributed by atoms with Crippen molar-refractivity contribution in [2.45, 2.75) is 20.0 Å². The molecular weight excluding hydrogens is 426 g/mol. The maximum absolute atomic E-state index is 13.9. The molecule has 1 N–H and O–H groups in total. The summed E-state index contributed by atoms with van der Waals surface area (Å²) < 4.78 is 39.4. The van der Waals surface area contributed by atoms with Crippen LogP contribution < -0.4 is 10.1 Å². The third kappa shape index (κ3) is 5.23. The number of fused-ring (bicyclic) bond motifs is 1. The van der Waals surface area contributed by atoms with E-state index >= 15 is 0 Å². The van der Waals surface area contributed by atoms with E-state index in [1.165, 1.54) is 12.1 Å². The van der Waals surface area contributed by atoms with Gasteiger partial charge in [0.05, 0.1) is 12.7 Å². The van der Waals surface area contributed by atoms with Crippen molar-refractivity contribution in [3.05, 3.63) is 66.5 Å². The molecular formula is C25H24F2N4O2. The van der Waals surface area contributed by atoms with E-state index in [0.29, 0.717) is 46.0 Å². The number of halogens is 2. The topological polar surface area (TPSA) is 69.2 Å². The average molecular weight is 450 g/mol. The van der Waals surface area contributed by atoms with E-state index in [4.69, 9.17) is 14.5 Å². The Morgan fingerprint density at radius 2 is 1.70 bits per heavy atom. The first-order chi connectivity index (χ1) is 15.9. The number of hydrogen-bond acceptors (Lipinski definition) is 6. The van der Waals surface area contributed by atoms with Gasteiger partial charge >= 0.3 is 0 Å². The number of anilines is 1. The molecule has 0 saturated carbocycles. The van der Waals surface area contributed by atoms with Crippen LogP contribution >= 0.6 is 0 Å². The largest absolute Gasteiger partial charge is 0.489 e. The van der Waals surface area contributed by atoms with Gasteiger partial charge in [-0.1, -0.05) is 0 Å². The Balaban J connectivity index is 1.87. The van der Waals surface area contributed by atoms with E-state index in [1.807, 2.05) is 26.0 Å². The number of ether oxygens (including phenoxy) is 2. The van der Waals surface area contributed by atoms with Crippen molar-refractivity contribution in [1.82, 2.24) is 15.0 Å². The molecule has 8 heteroatoms. The van der Waals surface area contributed by atoms with Gasteiger partial charge in [0.2, 0.25) is 0 Å². The Morgan fingerprint density at radius 3 is 2.36 bits per heavy atom. The Kier molecular flexibility index (Phi) is 6.74. The van der Waals surface area contributed by atoms with Gasteiger partial charge in [0.1, 0.15) is 35.3 Å². The lowest BCUT2D eigenvalue weighted by Crippen LogP contribution is -2.12. The summed E-state index contributed by atoms with van der Waals surface area (Å²) in [4.78, 5) is 13.5. The van der Waals surface area contributed by atoms with Crippen molar-refractivity contribution < 1.29 is 18.3 Å². The second-order valence-corrected chi connectivity index (χ2v) is 7.68. The molecule has 0 fully saturated rings. The molecule has 0 unspecified atom stereocenters. The summed E-state index contributed by atoms with van der Waals surface area (Å²) >= 11 is 0. The number of pyridine rings is 1. The quantitative estimate of drug-likeness (QED) is 0.359. The summed E-state index contributed by atoms with van der Waals surface area (Å²) in [6, 6.07) is 10.6. The van der Waals surface area contributed by atoms with Crippen LogP contribution in [0.2, 0.25) is 0 Å². The molecule has 0 saturated heterocycles. The third-order valence-corrected chi connectivity index (χ3v) is 4.91. The molecule has 0 atom stereocenters. The van der Waals surface area contributed by atoms with Gasteiger partial charge in [-0.15, -0.1) is 0 Å². The van der Waals surface area contributed by atoms with Crippen LogP contribution in [0.3, 0.4) is 0 Å². The number of nitrogens with zero attached hydrogens (tertiary/aromatic N) is 3. The molecule has 2 aromatic heterocycles. The maximum atomic E-state index is 13.9. The van der Waals surface area contributed by atoms with Crippen LogP contribution in [0, 0.1) is 11.6 Å². The molecule has 0 amide bonds. The van der Waals surface area contributed by atoms with Crippen LogP contribution in [0.15, 0.2) is 54.9 Å². The van der Waals surface area contributed by atoms with Gasteiger partial charge in [-0.2, -0.15) is 0 Å². The van der Waals surface area contributed by atoms with Crippen molar-refractivity contribution in [2.24, 2.45) is 0 Å². The molecule has 4 aromatic rings. The van der Waals surface area contributed by atoms with Crippen LogP contribution in [0.1, 0.15) is 13.8 Å². The summed E-state index contributed by atoms with van der Waals surface area (Å²) in [7, 11) is 1.75. The van der Waals surface area contributed by atoms with E-state index < -0.39 is 11.6 Å². The predicted molar refractivity (Wildman–Crippen MR) is 124 cm³/mol. The lowest BCUT2D eigenvalue weighted by molar-refractivity contribution is 0.0556. The van der Waals surface area contributed by atoms with E-state index in [2.05, 4.69) is 15.3 Å². The minimum Gasteiger partial charge on any atom is -0.489 e. The zero-order valence-corrected chi connectivity index (χ0v) is 18.6. The summed E-state index contributed by atoms with van der Waals surface area (Å²) in [6.45, 7) is 4.56. The van der Waals surface area contributed by atoms with Gasteiger partial charge in [-0.25, -0.2) is 18.7 Å². The number of benzene rings is 2. The minimum atomic E-state index is -0.657. The Morgan fingerprint density at radius 1 is 0.939 bits per heavy atom. The smallest absolute Gasteiger partial charge is 0.163 e. The van der Waals surface area contributed by atoms with Crippen LogP contribution in [0.25, 0.3) is 33.4 Å². The van der Waals surface area contributed by atoms with Gasteiger partial charge in [0, 0.05) is 36.5 Å². The van der Waals surface area contributed by atoms with Crippen molar-refractivity contribution >= 4 is 16.7 Å². The molecule has 0 aliphatic rings. The zero-order valence-electron chi connectivity index (χ0n) is 18.6. The first kappa shape index (κ1) is 22.5. The Hall–Kier alpha value is -3.65. The van der Waals surface area contributed by atoms with Crippen molar-refractivity contribution in [1.29, 1.82) is 0 Å². The standard InChI is InChI=1S/C25H24F2N4O2/c1-15(2)32-7-8-33-22-12-18(17-9-19(26)13-20(27)10-17)11-21-23(22)30-24(31-25(21)28-3)16-5-4-6-29-14-16/h4-6,9-15H,7-8H2,1-3H3,(H,28,30,31). The minimum absolute atomic E-state index is 0.0716. The monoisotopic (exact) mass is 450 g/mol. The van der Waals surface area contributed by atoms with Gasteiger partial charge < -0.3 is 14.8 Å². The number of nitrogens with one attached hydrogen (secondary N) is 1. The molecule has 2 heterocycles. The second kappa shape index (κ2) is 9.87. The Bertz CT molecular complexity index is 1250. The summed E-state index contributed by atoms with van der Waals surface area (Å²) in [6.07, 6.45) is 3.43. The lowest BCUT2D eigenvalue weighted by atomic mass is 10.0. The van der Waals surface area contributed by atoms with Gasteiger partial charge in [0.15, 0.2) is 5.82 Å². The molecule has 0 spiro atoms. The molecule has 0 radical (unpaired) electrons. The highest BCUT2D eigenvalue weighted by Gasteiger charge is 2.16. The molecule has 0 bridgehead atoms. The van der Waals surface area contributed by atoms with E-state index in [-0.39, 0.29) is 12.7 Å². The van der Waals surface area contributed by atoms with Crippen LogP contribution in [0.5, 0.6) is 5.75 Å². The molecule has 2 aromatic carbocycles. The fourth-order valence-electron chi connectivity index (χ4n) is 3.45. The number of hydrogen-bond donors (Lipinski definition) is 1. The molecule has 33 heavy (non-hydrogen) atoms. The molecule has 170 valence electrons. The molecule has 6 nitrogen and oxygen atoms in total. The molecule has 0 aliphatic carbocycles. The van der Waals surface area contributed by atoms with E-state index in [1.54, 1.807) is 31.6 Å². The number of aromatic nitrogens is 3. The third-order valence-electron chi connectivity index (χ3n) is 4.91. The van der Waals surface area contributed by atoms with Gasteiger partial charge in [0.25, 0.3) is 0 Å². The highest BCUT2D eigenvalue weighted by molar-refractivity contribution is 5.97. The van der Waals surface area contributed by atoms with Gasteiger partial charge in [-0.3, -0.25) is 4.98 Å². The molecule has 4 rings (SSSR count). The second-order valence-electron chi connectivity index (χ2n) is 7.68. The van der Waals surface area contributed by atoms with Crippen molar-refractivity contribution in [3.8, 4) is 28.3 Å². The van der Waals surface area contributed by atoms with E-state index in [9.17, 15) is 8.78 Å². The van der Waals surface area contributed by atoms with Crippen LogP contribution in [0.4, 0.5) is 14.6 Å². The average Bonchev–Trinajstić information content (AvgIpc) is 2.80. The first-order valence-corrected chi connectivity index (χ1v) is 10.6. The van der Waals surface area contributed by atoms with Gasteiger partial charge in [-0.05, 0) is 61.4 Å². The SMILES string of the molecule is CNc1nc(-c2cccnc2)nc2c(OCCOC(C)C)cc(-c3cc(F)cc(F)c3)cc12. The fourth-order valence-corrected chi connectivity index (χ4v) is 3.45. The summed E-state index contributed by atoms with van der Waals surface area (Å²) in [5.41, 5.74) is 2.28. The highest BCUT2D eigenvalue weighted by atomic mass is 19.1. The van der Waals surface area contributed by atoms with E-state index in [0.717, 1.165) is 11.6 Å². The molecule has 0 aliphatic heterocycles. The summed E-state index contributed by atoms with van der Waals surface area (Å²) in [5.74, 6) is 0.182. The normalized spacial score (nSPS) is 11.2.